The second kappa shape index (κ2) is 6.92. The zero-order valence-corrected chi connectivity index (χ0v) is 12.5. The molecule has 1 aliphatic rings. The first kappa shape index (κ1) is 15.2. The topological polar surface area (TPSA) is 63.4 Å². The van der Waals surface area contributed by atoms with E-state index < -0.39 is 9.84 Å². The fourth-order valence-corrected chi connectivity index (χ4v) is 5.00. The zero-order valence-electron chi connectivity index (χ0n) is 10.1. The average molecular weight is 296 g/mol. The number of rotatable bonds is 6. The lowest BCUT2D eigenvalue weighted by Gasteiger charge is -2.33. The number of hydrogen-bond acceptors (Lipinski definition) is 5. The van der Waals surface area contributed by atoms with Crippen molar-refractivity contribution < 1.29 is 8.42 Å². The maximum Gasteiger partial charge on any atom is 0.164 e. The quantitative estimate of drug-likeness (QED) is 0.579. The van der Waals surface area contributed by atoms with E-state index in [0.717, 1.165) is 38.1 Å². The van der Waals surface area contributed by atoms with Gasteiger partial charge in [0.1, 0.15) is 5.37 Å². The van der Waals surface area contributed by atoms with Gasteiger partial charge in [0.2, 0.25) is 0 Å². The number of unbranched alkanes of at least 4 members (excludes halogenated alkanes) is 1. The van der Waals surface area contributed by atoms with Gasteiger partial charge in [-0.25, -0.2) is 8.42 Å². The smallest absolute Gasteiger partial charge is 0.164 e. The summed E-state index contributed by atoms with van der Waals surface area (Å²) >= 11 is 6.53. The molecule has 0 radical (unpaired) electrons. The molecule has 0 spiro atoms. The molecule has 0 aromatic carbocycles. The van der Waals surface area contributed by atoms with Crippen LogP contribution < -0.4 is 5.73 Å². The van der Waals surface area contributed by atoms with Crippen molar-refractivity contribution >= 4 is 38.8 Å². The Labute approximate surface area is 113 Å². The van der Waals surface area contributed by atoms with Crippen molar-refractivity contribution in [2.45, 2.75) is 24.6 Å². The minimum absolute atomic E-state index is 0.314. The predicted octanol–water partition coefficient (Wildman–Crippen LogP) is 0.862. The summed E-state index contributed by atoms with van der Waals surface area (Å²) in [5.74, 6) is 1.70. The van der Waals surface area contributed by atoms with Gasteiger partial charge in [-0.1, -0.05) is 12.2 Å². The van der Waals surface area contributed by atoms with Crippen molar-refractivity contribution in [3.8, 4) is 0 Å². The van der Waals surface area contributed by atoms with Crippen LogP contribution in [0.25, 0.3) is 0 Å². The van der Waals surface area contributed by atoms with E-state index in [4.69, 9.17) is 18.0 Å². The van der Waals surface area contributed by atoms with Crippen molar-refractivity contribution in [1.29, 1.82) is 0 Å². The highest BCUT2D eigenvalue weighted by Crippen LogP contribution is 2.20. The van der Waals surface area contributed by atoms with Crippen LogP contribution in [0.15, 0.2) is 0 Å². The number of sulfone groups is 1. The van der Waals surface area contributed by atoms with Crippen molar-refractivity contribution in [2.75, 3.05) is 30.9 Å². The molecular weight excluding hydrogens is 276 g/mol. The molecule has 0 aliphatic carbocycles. The molecule has 1 unspecified atom stereocenters. The highest BCUT2D eigenvalue weighted by Gasteiger charge is 2.30. The number of nitrogens with two attached hydrogens (primary N) is 1. The molecule has 4 nitrogen and oxygen atoms in total. The van der Waals surface area contributed by atoms with Crippen molar-refractivity contribution in [2.24, 2.45) is 5.73 Å². The molecule has 7 heteroatoms. The lowest BCUT2D eigenvalue weighted by molar-refractivity contribution is 0.265. The maximum atomic E-state index is 11.6. The number of thiocarbonyl (C=S) groups is 1. The summed E-state index contributed by atoms with van der Waals surface area (Å²) in [7, 11) is -2.97. The maximum absolute atomic E-state index is 11.6. The molecule has 2 N–H and O–H groups in total. The third kappa shape index (κ3) is 5.54. The van der Waals surface area contributed by atoms with Crippen molar-refractivity contribution in [3.05, 3.63) is 0 Å². The summed E-state index contributed by atoms with van der Waals surface area (Å²) in [6.07, 6.45) is 3.97. The predicted molar refractivity (Wildman–Crippen MR) is 78.2 cm³/mol. The van der Waals surface area contributed by atoms with Gasteiger partial charge in [0.05, 0.1) is 4.99 Å². The summed E-state index contributed by atoms with van der Waals surface area (Å²) in [4.78, 5) is 2.62. The van der Waals surface area contributed by atoms with E-state index in [-0.39, 0.29) is 5.37 Å². The summed E-state index contributed by atoms with van der Waals surface area (Å²) in [6.45, 7) is 1.68. The molecule has 0 aromatic rings. The molecule has 100 valence electrons. The van der Waals surface area contributed by atoms with Gasteiger partial charge in [0.15, 0.2) is 9.84 Å². The summed E-state index contributed by atoms with van der Waals surface area (Å²) in [5.41, 5.74) is 5.43. The summed E-state index contributed by atoms with van der Waals surface area (Å²) in [6, 6.07) is 0. The van der Waals surface area contributed by atoms with Gasteiger partial charge in [-0.15, -0.1) is 0 Å². The van der Waals surface area contributed by atoms with Gasteiger partial charge in [0.25, 0.3) is 0 Å². The van der Waals surface area contributed by atoms with E-state index >= 15 is 0 Å². The molecule has 0 amide bonds. The molecule has 1 rings (SSSR count). The minimum Gasteiger partial charge on any atom is -0.393 e. The molecule has 0 bridgehead atoms. The van der Waals surface area contributed by atoms with E-state index in [0.29, 0.717) is 10.7 Å². The second-order valence-corrected chi connectivity index (χ2v) is 8.20. The molecule has 1 saturated heterocycles. The standard InChI is InChI=1S/C10H20N2O2S3/c1-17(13,14)10-8-16-7-6-12(10)5-3-2-4-9(11)15/h10H,2-8H2,1H3,(H2,11,15). The molecule has 0 saturated carbocycles. The average Bonchev–Trinajstić information content (AvgIpc) is 2.23. The Hall–Kier alpha value is 0.150. The third-order valence-electron chi connectivity index (χ3n) is 2.80. The van der Waals surface area contributed by atoms with Crippen LogP contribution in [0.2, 0.25) is 0 Å². The fraction of sp³-hybridized carbons (Fsp3) is 0.900. The van der Waals surface area contributed by atoms with Crippen LogP contribution in [0.3, 0.4) is 0 Å². The van der Waals surface area contributed by atoms with E-state index in [1.54, 1.807) is 11.8 Å². The SMILES string of the molecule is CS(=O)(=O)C1CSCCN1CCCCC(N)=S. The number of thioether (sulfide) groups is 1. The minimum atomic E-state index is -2.97. The van der Waals surface area contributed by atoms with Crippen LogP contribution in [0.5, 0.6) is 0 Å². The monoisotopic (exact) mass is 296 g/mol. The third-order valence-corrected chi connectivity index (χ3v) is 5.69. The van der Waals surface area contributed by atoms with Crippen LogP contribution in [0.4, 0.5) is 0 Å². The van der Waals surface area contributed by atoms with Crippen LogP contribution in [-0.4, -0.2) is 54.5 Å². The fourth-order valence-electron chi connectivity index (χ4n) is 1.88. The van der Waals surface area contributed by atoms with Gasteiger partial charge >= 0.3 is 0 Å². The lowest BCUT2D eigenvalue weighted by Crippen LogP contribution is -2.47. The highest BCUT2D eigenvalue weighted by atomic mass is 32.2. The first-order chi connectivity index (χ1) is 7.91. The van der Waals surface area contributed by atoms with Gasteiger partial charge in [-0.05, 0) is 25.8 Å². The molecule has 17 heavy (non-hydrogen) atoms. The summed E-state index contributed by atoms with van der Waals surface area (Å²) < 4.78 is 23.3. The Kier molecular flexibility index (Phi) is 6.19. The normalized spacial score (nSPS) is 22.5. The van der Waals surface area contributed by atoms with E-state index in [9.17, 15) is 8.42 Å². The van der Waals surface area contributed by atoms with Crippen LogP contribution in [-0.2, 0) is 9.84 Å². The summed E-state index contributed by atoms with van der Waals surface area (Å²) in [5, 5.41) is -0.314. The first-order valence-corrected chi connectivity index (χ1v) is 9.22. The van der Waals surface area contributed by atoms with Crippen molar-refractivity contribution in [3.63, 3.8) is 0 Å². The Balaban J connectivity index is 2.41. The van der Waals surface area contributed by atoms with Gasteiger partial charge in [0, 0.05) is 24.3 Å². The molecule has 0 aromatic heterocycles. The lowest BCUT2D eigenvalue weighted by atomic mass is 10.2. The largest absolute Gasteiger partial charge is 0.393 e. The highest BCUT2D eigenvalue weighted by molar-refractivity contribution is 8.00. The van der Waals surface area contributed by atoms with E-state index in [1.807, 2.05) is 0 Å². The molecule has 1 fully saturated rings. The van der Waals surface area contributed by atoms with Crippen LogP contribution in [0.1, 0.15) is 19.3 Å². The number of hydrogen-bond donors (Lipinski definition) is 1. The van der Waals surface area contributed by atoms with Gasteiger partial charge in [-0.2, -0.15) is 11.8 Å². The Morgan fingerprint density at radius 1 is 1.53 bits per heavy atom. The van der Waals surface area contributed by atoms with Crippen LogP contribution >= 0.6 is 24.0 Å². The van der Waals surface area contributed by atoms with E-state index in [1.165, 1.54) is 6.26 Å². The van der Waals surface area contributed by atoms with Gasteiger partial charge in [-0.3, -0.25) is 4.90 Å². The van der Waals surface area contributed by atoms with Gasteiger partial charge < -0.3 is 5.73 Å². The molecule has 1 atom stereocenters. The zero-order chi connectivity index (χ0) is 12.9. The Bertz CT molecular complexity index is 357. The molecule has 1 aliphatic heterocycles. The molecular formula is C10H20N2O2S3. The van der Waals surface area contributed by atoms with E-state index in [2.05, 4.69) is 4.90 Å². The van der Waals surface area contributed by atoms with Crippen LogP contribution in [0, 0.1) is 0 Å². The number of nitrogens with zero attached hydrogens (tertiary/aromatic N) is 1. The Morgan fingerprint density at radius 3 is 2.82 bits per heavy atom. The Morgan fingerprint density at radius 2 is 2.24 bits per heavy atom. The first-order valence-electron chi connectivity index (χ1n) is 5.70. The molecule has 1 heterocycles. The second-order valence-electron chi connectivity index (χ2n) is 4.32. The van der Waals surface area contributed by atoms with Crippen molar-refractivity contribution in [1.82, 2.24) is 4.90 Å².